The molecule has 0 aromatic heterocycles. The molecule has 0 bridgehead atoms. The summed E-state index contributed by atoms with van der Waals surface area (Å²) in [5.74, 6) is -0.457. The molecule has 0 heterocycles. The molecule has 2 aromatic carbocycles. The molecule has 3 nitrogen and oxygen atoms in total. The molecule has 0 aliphatic heterocycles. The van der Waals surface area contributed by atoms with Crippen LogP contribution in [0.5, 0.6) is 0 Å². The van der Waals surface area contributed by atoms with Gasteiger partial charge in [-0.3, -0.25) is 10.0 Å². The van der Waals surface area contributed by atoms with E-state index in [9.17, 15) is 10.0 Å². The number of carbonyl (C=O) groups is 1. The van der Waals surface area contributed by atoms with Crippen molar-refractivity contribution < 1.29 is 10.0 Å². The molecular weight excluding hydrogens is 294 g/mol. The average molecular weight is 306 g/mol. The third-order valence-electron chi connectivity index (χ3n) is 2.61. The van der Waals surface area contributed by atoms with E-state index in [1.54, 1.807) is 36.4 Å². The highest BCUT2D eigenvalue weighted by atomic mass is 79.9. The Bertz CT molecular complexity index is 569. The lowest BCUT2D eigenvalue weighted by molar-refractivity contribution is 0.0854. The van der Waals surface area contributed by atoms with Gasteiger partial charge in [0.25, 0.3) is 5.91 Å². The fourth-order valence-corrected chi connectivity index (χ4v) is 2.04. The third kappa shape index (κ3) is 2.44. The Balaban J connectivity index is 2.35. The molecule has 2 aromatic rings. The van der Waals surface area contributed by atoms with Crippen molar-refractivity contribution in [3.8, 4) is 0 Å². The molecule has 18 heavy (non-hydrogen) atoms. The van der Waals surface area contributed by atoms with Crippen molar-refractivity contribution >= 4 is 27.5 Å². The number of anilines is 1. The normalized spacial score (nSPS) is 10.2. The summed E-state index contributed by atoms with van der Waals surface area (Å²) >= 11 is 3.37. The largest absolute Gasteiger partial charge is 0.282 e. The van der Waals surface area contributed by atoms with E-state index >= 15 is 0 Å². The number of hydroxylamine groups is 1. The van der Waals surface area contributed by atoms with Gasteiger partial charge in [-0.05, 0) is 46.6 Å². The van der Waals surface area contributed by atoms with Crippen LogP contribution in [-0.2, 0) is 0 Å². The SMILES string of the molecule is Cc1cccc(N(O)C(=O)c2ccccc2)c1Br. The summed E-state index contributed by atoms with van der Waals surface area (Å²) in [5, 5.41) is 10.7. The summed E-state index contributed by atoms with van der Waals surface area (Å²) < 4.78 is 0.705. The number of carbonyl (C=O) groups excluding carboxylic acids is 1. The zero-order valence-corrected chi connectivity index (χ0v) is 11.4. The maximum Gasteiger partial charge on any atom is 0.282 e. The minimum atomic E-state index is -0.457. The van der Waals surface area contributed by atoms with Gasteiger partial charge in [-0.2, -0.15) is 5.06 Å². The first-order valence-electron chi connectivity index (χ1n) is 5.45. The van der Waals surface area contributed by atoms with E-state index in [1.165, 1.54) is 0 Å². The van der Waals surface area contributed by atoms with Crippen molar-refractivity contribution in [2.45, 2.75) is 6.92 Å². The van der Waals surface area contributed by atoms with Crippen molar-refractivity contribution in [2.75, 3.05) is 5.06 Å². The van der Waals surface area contributed by atoms with Gasteiger partial charge >= 0.3 is 0 Å². The fourth-order valence-electron chi connectivity index (χ4n) is 1.61. The second-order valence-corrected chi connectivity index (χ2v) is 4.68. The van der Waals surface area contributed by atoms with Crippen molar-refractivity contribution in [3.63, 3.8) is 0 Å². The first kappa shape index (κ1) is 12.8. The zero-order valence-electron chi connectivity index (χ0n) is 9.80. The van der Waals surface area contributed by atoms with E-state index in [1.807, 2.05) is 19.1 Å². The topological polar surface area (TPSA) is 40.5 Å². The molecule has 0 aliphatic carbocycles. The van der Waals surface area contributed by atoms with Crippen LogP contribution in [0.25, 0.3) is 0 Å². The van der Waals surface area contributed by atoms with Gasteiger partial charge in [0, 0.05) is 10.0 Å². The molecule has 0 radical (unpaired) electrons. The maximum absolute atomic E-state index is 12.1. The Kier molecular flexibility index (Phi) is 3.79. The monoisotopic (exact) mass is 305 g/mol. The van der Waals surface area contributed by atoms with E-state index < -0.39 is 5.91 Å². The van der Waals surface area contributed by atoms with Gasteiger partial charge in [-0.25, -0.2) is 0 Å². The first-order valence-corrected chi connectivity index (χ1v) is 6.24. The number of amides is 1. The highest BCUT2D eigenvalue weighted by Gasteiger charge is 2.18. The molecule has 1 N–H and O–H groups in total. The third-order valence-corrected chi connectivity index (χ3v) is 3.64. The number of rotatable bonds is 2. The highest BCUT2D eigenvalue weighted by molar-refractivity contribution is 9.10. The molecule has 4 heteroatoms. The quantitative estimate of drug-likeness (QED) is 0.677. The second kappa shape index (κ2) is 5.33. The Morgan fingerprint density at radius 1 is 1.11 bits per heavy atom. The number of nitrogens with zero attached hydrogens (tertiary/aromatic N) is 1. The molecule has 0 aliphatic rings. The lowest BCUT2D eigenvalue weighted by Crippen LogP contribution is -2.27. The Morgan fingerprint density at radius 3 is 2.44 bits per heavy atom. The van der Waals surface area contributed by atoms with E-state index in [4.69, 9.17) is 0 Å². The summed E-state index contributed by atoms with van der Waals surface area (Å²) in [5.41, 5.74) is 1.82. The van der Waals surface area contributed by atoms with Gasteiger partial charge in [0.05, 0.1) is 5.69 Å². The lowest BCUT2D eigenvalue weighted by atomic mass is 10.2. The van der Waals surface area contributed by atoms with E-state index in [0.29, 0.717) is 20.8 Å². The number of aryl methyl sites for hydroxylation is 1. The lowest BCUT2D eigenvalue weighted by Gasteiger charge is -2.17. The van der Waals surface area contributed by atoms with Crippen LogP contribution in [0.2, 0.25) is 0 Å². The van der Waals surface area contributed by atoms with Crippen LogP contribution in [0.3, 0.4) is 0 Å². The van der Waals surface area contributed by atoms with Crippen LogP contribution in [-0.4, -0.2) is 11.1 Å². The Labute approximate surface area is 114 Å². The predicted molar refractivity (Wildman–Crippen MR) is 73.9 cm³/mol. The number of halogens is 1. The Hall–Kier alpha value is -1.65. The first-order chi connectivity index (χ1) is 8.61. The summed E-state index contributed by atoms with van der Waals surface area (Å²) in [6.07, 6.45) is 0. The molecule has 0 saturated carbocycles. The number of benzene rings is 2. The predicted octanol–water partition coefficient (Wildman–Crippen LogP) is 3.79. The minimum absolute atomic E-state index is 0.434. The van der Waals surface area contributed by atoms with Crippen LogP contribution in [0.15, 0.2) is 53.0 Å². The number of hydrogen-bond donors (Lipinski definition) is 1. The second-order valence-electron chi connectivity index (χ2n) is 3.89. The summed E-state index contributed by atoms with van der Waals surface area (Å²) in [7, 11) is 0. The van der Waals surface area contributed by atoms with Crippen molar-refractivity contribution in [3.05, 3.63) is 64.1 Å². The fraction of sp³-hybridized carbons (Fsp3) is 0.0714. The maximum atomic E-state index is 12.1. The summed E-state index contributed by atoms with van der Waals surface area (Å²) in [6.45, 7) is 1.90. The van der Waals surface area contributed by atoms with Crippen LogP contribution < -0.4 is 5.06 Å². The standard InChI is InChI=1S/C14H12BrNO2/c1-10-6-5-9-12(13(10)15)16(18)14(17)11-7-3-2-4-8-11/h2-9,18H,1H3. The molecule has 0 spiro atoms. The molecular formula is C14H12BrNO2. The van der Waals surface area contributed by atoms with Gasteiger partial charge < -0.3 is 0 Å². The minimum Gasteiger partial charge on any atom is -0.281 e. The smallest absolute Gasteiger partial charge is 0.281 e. The van der Waals surface area contributed by atoms with Gasteiger partial charge in [0.2, 0.25) is 0 Å². The number of hydrogen-bond acceptors (Lipinski definition) is 2. The summed E-state index contributed by atoms with van der Waals surface area (Å²) in [6, 6.07) is 14.0. The highest BCUT2D eigenvalue weighted by Crippen LogP contribution is 2.29. The Morgan fingerprint density at radius 2 is 1.78 bits per heavy atom. The van der Waals surface area contributed by atoms with Crippen LogP contribution in [0.1, 0.15) is 15.9 Å². The molecule has 92 valence electrons. The van der Waals surface area contributed by atoms with Crippen LogP contribution in [0.4, 0.5) is 5.69 Å². The van der Waals surface area contributed by atoms with Gasteiger partial charge in [0.15, 0.2) is 0 Å². The molecule has 2 rings (SSSR count). The van der Waals surface area contributed by atoms with E-state index in [2.05, 4.69) is 15.9 Å². The van der Waals surface area contributed by atoms with E-state index in [-0.39, 0.29) is 0 Å². The molecule has 0 atom stereocenters. The van der Waals surface area contributed by atoms with Crippen LogP contribution >= 0.6 is 15.9 Å². The van der Waals surface area contributed by atoms with Gasteiger partial charge in [0.1, 0.15) is 0 Å². The molecule has 0 saturated heterocycles. The zero-order chi connectivity index (χ0) is 13.1. The molecule has 1 amide bonds. The summed E-state index contributed by atoms with van der Waals surface area (Å²) in [4.78, 5) is 12.1. The van der Waals surface area contributed by atoms with Gasteiger partial charge in [-0.15, -0.1) is 0 Å². The van der Waals surface area contributed by atoms with Crippen molar-refractivity contribution in [1.29, 1.82) is 0 Å². The van der Waals surface area contributed by atoms with Crippen molar-refractivity contribution in [2.24, 2.45) is 0 Å². The molecule has 0 unspecified atom stereocenters. The van der Waals surface area contributed by atoms with E-state index in [0.717, 1.165) is 5.56 Å². The average Bonchev–Trinajstić information content (AvgIpc) is 2.41. The molecule has 0 fully saturated rings. The van der Waals surface area contributed by atoms with Crippen LogP contribution in [0, 0.1) is 6.92 Å². The van der Waals surface area contributed by atoms with Gasteiger partial charge in [-0.1, -0.05) is 30.3 Å². The van der Waals surface area contributed by atoms with Crippen molar-refractivity contribution in [1.82, 2.24) is 0 Å².